The molecule has 1 aliphatic rings. The summed E-state index contributed by atoms with van der Waals surface area (Å²) in [6.45, 7) is 2.32. The van der Waals surface area contributed by atoms with Crippen molar-refractivity contribution in [1.29, 1.82) is 0 Å². The van der Waals surface area contributed by atoms with E-state index in [9.17, 15) is 4.79 Å². The van der Waals surface area contributed by atoms with Gasteiger partial charge >= 0.3 is 0 Å². The minimum absolute atomic E-state index is 0.236. The van der Waals surface area contributed by atoms with Crippen molar-refractivity contribution >= 4 is 39.9 Å². The fraction of sp³-hybridized carbons (Fsp3) is 0.100. The minimum atomic E-state index is -0.465. The van der Waals surface area contributed by atoms with Gasteiger partial charge < -0.3 is 15.4 Å². The fourth-order valence-electron chi connectivity index (χ4n) is 4.75. The quantitative estimate of drug-likeness (QED) is 0.263. The van der Waals surface area contributed by atoms with Crippen molar-refractivity contribution in [3.8, 4) is 5.75 Å². The molecule has 1 aliphatic heterocycles. The van der Waals surface area contributed by atoms with Crippen LogP contribution >= 0.6 is 11.6 Å². The lowest BCUT2D eigenvalue weighted by Gasteiger charge is -2.28. The van der Waals surface area contributed by atoms with Gasteiger partial charge in [0, 0.05) is 16.4 Å². The highest BCUT2D eigenvalue weighted by molar-refractivity contribution is 6.30. The highest BCUT2D eigenvalue weighted by atomic mass is 35.5. The zero-order chi connectivity index (χ0) is 26.1. The van der Waals surface area contributed by atoms with E-state index >= 15 is 0 Å². The van der Waals surface area contributed by atoms with E-state index in [2.05, 4.69) is 45.0 Å². The van der Waals surface area contributed by atoms with E-state index in [1.807, 2.05) is 49.4 Å². The maximum atomic E-state index is 13.5. The lowest BCUT2D eigenvalue weighted by atomic mass is 9.95. The largest absolute Gasteiger partial charge is 0.489 e. The molecular formula is C30H24ClN5O2. The second-order valence-electron chi connectivity index (χ2n) is 9.05. The Hall–Kier alpha value is -4.62. The maximum Gasteiger partial charge on any atom is 0.255 e. The molecule has 0 aliphatic carbocycles. The third-order valence-electron chi connectivity index (χ3n) is 6.61. The molecule has 0 saturated heterocycles. The summed E-state index contributed by atoms with van der Waals surface area (Å²) in [6.07, 6.45) is 1.48. The first-order valence-electron chi connectivity index (χ1n) is 12.2. The Morgan fingerprint density at radius 2 is 1.76 bits per heavy atom. The summed E-state index contributed by atoms with van der Waals surface area (Å²) in [4.78, 5) is 17.8. The Morgan fingerprint density at radius 3 is 2.58 bits per heavy atom. The van der Waals surface area contributed by atoms with E-state index in [0.717, 1.165) is 16.9 Å². The van der Waals surface area contributed by atoms with Crippen molar-refractivity contribution < 1.29 is 9.53 Å². The topological polar surface area (TPSA) is 81.1 Å². The van der Waals surface area contributed by atoms with Crippen molar-refractivity contribution in [2.24, 2.45) is 0 Å². The molecule has 2 heterocycles. The summed E-state index contributed by atoms with van der Waals surface area (Å²) < 4.78 is 7.85. The van der Waals surface area contributed by atoms with Crippen LogP contribution in [0.15, 0.2) is 109 Å². The van der Waals surface area contributed by atoms with Crippen LogP contribution < -0.4 is 15.4 Å². The predicted octanol–water partition coefficient (Wildman–Crippen LogP) is 6.59. The third kappa shape index (κ3) is 4.60. The molecule has 2 N–H and O–H groups in total. The molecule has 5 aromatic rings. The number of ether oxygens (including phenoxy) is 1. The summed E-state index contributed by atoms with van der Waals surface area (Å²) in [5.74, 6) is 1.08. The predicted molar refractivity (Wildman–Crippen MR) is 149 cm³/mol. The number of carbonyl (C=O) groups is 1. The number of nitrogens with one attached hydrogen (secondary N) is 2. The van der Waals surface area contributed by atoms with Crippen LogP contribution in [0.4, 0.5) is 11.6 Å². The molecule has 1 amide bonds. The molecule has 1 atom stereocenters. The van der Waals surface area contributed by atoms with E-state index in [4.69, 9.17) is 16.3 Å². The molecule has 0 spiro atoms. The molecule has 6 rings (SSSR count). The Morgan fingerprint density at radius 1 is 1.00 bits per heavy atom. The number of aromatic nitrogens is 3. The standard InChI is InChI=1S/C30H24ClN5O2/c1-19-27(29(37)35-24-13-11-23(31)12-14-24)28(36-30(34-19)32-18-33-36)21-9-15-25(16-10-21)38-17-22-7-4-6-20-5-2-3-8-26(20)22/h2-16,18,28H,17H2,1H3,(H,35,37)(H,32,33,34). The molecule has 0 bridgehead atoms. The van der Waals surface area contributed by atoms with Crippen molar-refractivity contribution in [2.45, 2.75) is 19.6 Å². The maximum absolute atomic E-state index is 13.5. The number of anilines is 2. The Bertz CT molecular complexity index is 1650. The van der Waals surface area contributed by atoms with Gasteiger partial charge in [-0.05, 0) is 65.2 Å². The van der Waals surface area contributed by atoms with E-state index in [1.54, 1.807) is 28.9 Å². The normalized spacial score (nSPS) is 14.6. The van der Waals surface area contributed by atoms with Crippen LogP contribution in [0.3, 0.4) is 0 Å². The molecule has 1 aromatic heterocycles. The second-order valence-corrected chi connectivity index (χ2v) is 9.49. The summed E-state index contributed by atoms with van der Waals surface area (Å²) >= 11 is 6.00. The van der Waals surface area contributed by atoms with Gasteiger partial charge in [-0.2, -0.15) is 10.1 Å². The van der Waals surface area contributed by atoms with E-state index < -0.39 is 6.04 Å². The lowest BCUT2D eigenvalue weighted by Crippen LogP contribution is -2.31. The first-order chi connectivity index (χ1) is 18.6. The van der Waals surface area contributed by atoms with Gasteiger partial charge in [-0.1, -0.05) is 66.2 Å². The monoisotopic (exact) mass is 521 g/mol. The number of nitrogens with zero attached hydrogens (tertiary/aromatic N) is 3. The second kappa shape index (κ2) is 10.0. The number of hydrogen-bond donors (Lipinski definition) is 2. The average molecular weight is 522 g/mol. The van der Waals surface area contributed by atoms with Crippen LogP contribution in [-0.4, -0.2) is 20.7 Å². The van der Waals surface area contributed by atoms with E-state index in [0.29, 0.717) is 34.5 Å². The molecule has 1 unspecified atom stereocenters. The smallest absolute Gasteiger partial charge is 0.255 e. The number of allylic oxidation sites excluding steroid dienone is 1. The molecule has 4 aromatic carbocycles. The van der Waals surface area contributed by atoms with E-state index in [1.165, 1.54) is 17.1 Å². The average Bonchev–Trinajstić information content (AvgIpc) is 3.41. The molecule has 0 fully saturated rings. The fourth-order valence-corrected chi connectivity index (χ4v) is 4.88. The molecule has 7 nitrogen and oxygen atoms in total. The van der Waals surface area contributed by atoms with Crippen molar-refractivity contribution in [2.75, 3.05) is 10.6 Å². The molecular weight excluding hydrogens is 498 g/mol. The van der Waals surface area contributed by atoms with Crippen LogP contribution in [0, 0.1) is 0 Å². The lowest BCUT2D eigenvalue weighted by molar-refractivity contribution is -0.113. The van der Waals surface area contributed by atoms with Crippen LogP contribution in [0.5, 0.6) is 5.75 Å². The van der Waals surface area contributed by atoms with Gasteiger partial charge in [-0.15, -0.1) is 0 Å². The van der Waals surface area contributed by atoms with Crippen LogP contribution in [0.1, 0.15) is 24.1 Å². The number of hydrogen-bond acceptors (Lipinski definition) is 5. The number of fused-ring (bicyclic) bond motifs is 2. The molecule has 0 saturated carbocycles. The number of amides is 1. The minimum Gasteiger partial charge on any atom is -0.489 e. The third-order valence-corrected chi connectivity index (χ3v) is 6.86. The summed E-state index contributed by atoms with van der Waals surface area (Å²) in [6, 6.07) is 28.8. The van der Waals surface area contributed by atoms with Crippen LogP contribution in [0.25, 0.3) is 10.8 Å². The summed E-state index contributed by atoms with van der Waals surface area (Å²) in [5, 5.41) is 13.5. The van der Waals surface area contributed by atoms with Crippen molar-refractivity contribution in [1.82, 2.24) is 14.8 Å². The summed E-state index contributed by atoms with van der Waals surface area (Å²) in [7, 11) is 0. The Balaban J connectivity index is 1.26. The first kappa shape index (κ1) is 23.8. The van der Waals surface area contributed by atoms with Gasteiger partial charge in [-0.3, -0.25) is 4.79 Å². The Kier molecular flexibility index (Phi) is 6.27. The Labute approximate surface area is 224 Å². The van der Waals surface area contributed by atoms with Crippen molar-refractivity contribution in [3.63, 3.8) is 0 Å². The van der Waals surface area contributed by atoms with Gasteiger partial charge in [0.05, 0.1) is 5.57 Å². The number of halogens is 1. The van der Waals surface area contributed by atoms with Crippen molar-refractivity contribution in [3.05, 3.63) is 125 Å². The van der Waals surface area contributed by atoms with Gasteiger partial charge in [0.2, 0.25) is 5.95 Å². The zero-order valence-corrected chi connectivity index (χ0v) is 21.3. The highest BCUT2D eigenvalue weighted by Crippen LogP contribution is 2.36. The number of benzene rings is 4. The molecule has 188 valence electrons. The van der Waals surface area contributed by atoms with E-state index in [-0.39, 0.29) is 5.91 Å². The van der Waals surface area contributed by atoms with Gasteiger partial charge in [0.25, 0.3) is 5.91 Å². The highest BCUT2D eigenvalue weighted by Gasteiger charge is 2.33. The first-order valence-corrected chi connectivity index (χ1v) is 12.6. The molecule has 38 heavy (non-hydrogen) atoms. The SMILES string of the molecule is CC1=C(C(=O)Nc2ccc(Cl)cc2)C(c2ccc(OCc3cccc4ccccc34)cc2)n2ncnc2N1. The van der Waals surface area contributed by atoms with Crippen LogP contribution in [-0.2, 0) is 11.4 Å². The van der Waals surface area contributed by atoms with Crippen LogP contribution in [0.2, 0.25) is 5.02 Å². The van der Waals surface area contributed by atoms with Gasteiger partial charge in [0.1, 0.15) is 24.7 Å². The van der Waals surface area contributed by atoms with Gasteiger partial charge in [0.15, 0.2) is 0 Å². The number of rotatable bonds is 6. The molecule has 8 heteroatoms. The summed E-state index contributed by atoms with van der Waals surface area (Å²) in [5.41, 5.74) is 3.91. The number of carbonyl (C=O) groups excluding carboxylic acids is 1. The molecule has 0 radical (unpaired) electrons. The van der Waals surface area contributed by atoms with Gasteiger partial charge in [-0.25, -0.2) is 4.68 Å². The zero-order valence-electron chi connectivity index (χ0n) is 20.6.